The lowest BCUT2D eigenvalue weighted by molar-refractivity contribution is -0.119. The van der Waals surface area contributed by atoms with E-state index in [1.807, 2.05) is 6.92 Å². The number of aryl methyl sites for hydroxylation is 1. The monoisotopic (exact) mass is 249 g/mol. The van der Waals surface area contributed by atoms with Crippen LogP contribution in [0.3, 0.4) is 0 Å². The summed E-state index contributed by atoms with van der Waals surface area (Å²) >= 11 is 0. The molecule has 2 heterocycles. The van der Waals surface area contributed by atoms with Gasteiger partial charge in [-0.05, 0) is 6.92 Å². The predicted molar refractivity (Wildman–Crippen MR) is 66.0 cm³/mol. The Morgan fingerprint density at radius 2 is 2.28 bits per heavy atom. The fourth-order valence-corrected chi connectivity index (χ4v) is 1.88. The summed E-state index contributed by atoms with van der Waals surface area (Å²) in [5.41, 5.74) is 0.411. The van der Waals surface area contributed by atoms with E-state index in [1.165, 1.54) is 24.0 Å². The van der Waals surface area contributed by atoms with Crippen molar-refractivity contribution in [2.75, 3.05) is 0 Å². The first-order valence-corrected chi connectivity index (χ1v) is 5.63. The molecule has 2 rings (SSSR count). The van der Waals surface area contributed by atoms with Crippen LogP contribution in [0.15, 0.2) is 17.3 Å². The zero-order valence-electron chi connectivity index (χ0n) is 10.5. The third-order valence-corrected chi connectivity index (χ3v) is 2.64. The summed E-state index contributed by atoms with van der Waals surface area (Å²) in [4.78, 5) is 27.2. The normalized spacial score (nSPS) is 12.6. The Bertz CT molecular complexity index is 642. The average molecular weight is 249 g/mol. The average Bonchev–Trinajstić information content (AvgIpc) is 2.64. The minimum atomic E-state index is -0.148. The van der Waals surface area contributed by atoms with Gasteiger partial charge in [-0.1, -0.05) is 0 Å². The number of nitrogens with zero attached hydrogens (tertiary/aromatic N) is 4. The molecule has 1 unspecified atom stereocenters. The molecule has 1 amide bonds. The number of carbonyl (C=O) groups is 1. The highest BCUT2D eigenvalue weighted by Gasteiger charge is 2.10. The highest BCUT2D eigenvalue weighted by atomic mass is 16.1. The van der Waals surface area contributed by atoms with E-state index in [9.17, 15) is 9.59 Å². The molecule has 0 aliphatic carbocycles. The molecule has 0 radical (unpaired) electrons. The summed E-state index contributed by atoms with van der Waals surface area (Å²) in [5.74, 6) is -0.119. The van der Waals surface area contributed by atoms with Crippen molar-refractivity contribution in [3.63, 3.8) is 0 Å². The van der Waals surface area contributed by atoms with Gasteiger partial charge in [0.15, 0.2) is 5.65 Å². The molecule has 0 fully saturated rings. The van der Waals surface area contributed by atoms with Crippen LogP contribution in [-0.2, 0) is 18.4 Å². The smallest absolute Gasteiger partial charge is 0.264 e. The molecule has 18 heavy (non-hydrogen) atoms. The van der Waals surface area contributed by atoms with Crippen molar-refractivity contribution < 1.29 is 4.79 Å². The Morgan fingerprint density at radius 1 is 1.56 bits per heavy atom. The topological polar surface area (TPSA) is 81.8 Å². The summed E-state index contributed by atoms with van der Waals surface area (Å²) in [7, 11) is 1.74. The Morgan fingerprint density at radius 3 is 2.94 bits per heavy atom. The molecule has 0 saturated heterocycles. The molecule has 1 N–H and O–H groups in total. The molecule has 0 aromatic carbocycles. The first kappa shape index (κ1) is 12.3. The molecule has 2 aromatic rings. The van der Waals surface area contributed by atoms with Crippen molar-refractivity contribution in [3.8, 4) is 0 Å². The molecule has 0 saturated carbocycles. The lowest BCUT2D eigenvalue weighted by Crippen LogP contribution is -2.37. The Labute approximate surface area is 103 Å². The van der Waals surface area contributed by atoms with Crippen LogP contribution in [-0.4, -0.2) is 31.3 Å². The Kier molecular flexibility index (Phi) is 3.14. The van der Waals surface area contributed by atoms with Gasteiger partial charge in [0.05, 0.1) is 6.20 Å². The maximum Gasteiger partial charge on any atom is 0.264 e. The Hall–Kier alpha value is -2.18. The van der Waals surface area contributed by atoms with Crippen LogP contribution in [0.4, 0.5) is 0 Å². The third kappa shape index (κ3) is 2.24. The fraction of sp³-hybridized carbons (Fsp3) is 0.455. The zero-order valence-corrected chi connectivity index (χ0v) is 10.5. The number of aromatic nitrogens is 4. The number of hydrogen-bond acceptors (Lipinski definition) is 4. The van der Waals surface area contributed by atoms with Crippen LogP contribution >= 0.6 is 0 Å². The largest absolute Gasteiger partial charge is 0.352 e. The molecular formula is C11H15N5O2. The number of carbonyl (C=O) groups excluding carboxylic acids is 1. The van der Waals surface area contributed by atoms with Gasteiger partial charge in [-0.2, -0.15) is 5.10 Å². The number of hydrogen-bond donors (Lipinski definition) is 1. The number of nitrogens with one attached hydrogen (secondary N) is 1. The van der Waals surface area contributed by atoms with Crippen LogP contribution in [0.2, 0.25) is 0 Å². The van der Waals surface area contributed by atoms with E-state index < -0.39 is 0 Å². The van der Waals surface area contributed by atoms with E-state index >= 15 is 0 Å². The SMILES string of the molecule is CC(=O)NC(C)Cn1cnc2c(cnn2C)c1=O. The van der Waals surface area contributed by atoms with Gasteiger partial charge in [-0.15, -0.1) is 0 Å². The molecular weight excluding hydrogens is 234 g/mol. The lowest BCUT2D eigenvalue weighted by Gasteiger charge is -2.13. The number of amides is 1. The van der Waals surface area contributed by atoms with E-state index in [1.54, 1.807) is 11.7 Å². The van der Waals surface area contributed by atoms with Crippen molar-refractivity contribution in [3.05, 3.63) is 22.9 Å². The number of fused-ring (bicyclic) bond motifs is 1. The van der Waals surface area contributed by atoms with Crippen LogP contribution < -0.4 is 10.9 Å². The second-order valence-electron chi connectivity index (χ2n) is 4.31. The molecule has 7 nitrogen and oxygen atoms in total. The molecule has 0 spiro atoms. The van der Waals surface area contributed by atoms with E-state index in [0.717, 1.165) is 0 Å². The fourth-order valence-electron chi connectivity index (χ4n) is 1.88. The summed E-state index contributed by atoms with van der Waals surface area (Å²) in [6, 6.07) is -0.129. The van der Waals surface area contributed by atoms with Crippen LogP contribution in [0.5, 0.6) is 0 Å². The van der Waals surface area contributed by atoms with E-state index in [2.05, 4.69) is 15.4 Å². The second-order valence-corrected chi connectivity index (χ2v) is 4.31. The molecule has 2 aromatic heterocycles. The van der Waals surface area contributed by atoms with Gasteiger partial charge in [-0.25, -0.2) is 4.98 Å². The van der Waals surface area contributed by atoms with Gasteiger partial charge in [-0.3, -0.25) is 18.8 Å². The predicted octanol–water partition coefficient (Wildman–Crippen LogP) is -0.345. The number of rotatable bonds is 3. The molecule has 0 aliphatic rings. The van der Waals surface area contributed by atoms with E-state index in [0.29, 0.717) is 17.6 Å². The Balaban J connectivity index is 2.32. The minimum Gasteiger partial charge on any atom is -0.352 e. The lowest BCUT2D eigenvalue weighted by atomic mass is 10.3. The van der Waals surface area contributed by atoms with Gasteiger partial charge >= 0.3 is 0 Å². The van der Waals surface area contributed by atoms with Crippen LogP contribution in [0, 0.1) is 0 Å². The minimum absolute atomic E-state index is 0.119. The van der Waals surface area contributed by atoms with Gasteiger partial charge in [0.25, 0.3) is 5.56 Å². The summed E-state index contributed by atoms with van der Waals surface area (Å²) in [6.07, 6.45) is 2.98. The summed E-state index contributed by atoms with van der Waals surface area (Å²) < 4.78 is 3.03. The van der Waals surface area contributed by atoms with E-state index in [4.69, 9.17) is 0 Å². The van der Waals surface area contributed by atoms with Gasteiger partial charge < -0.3 is 5.32 Å². The first-order valence-electron chi connectivity index (χ1n) is 5.63. The van der Waals surface area contributed by atoms with Gasteiger partial charge in [0.2, 0.25) is 5.91 Å². The first-order chi connectivity index (χ1) is 8.49. The van der Waals surface area contributed by atoms with Crippen molar-refractivity contribution in [2.45, 2.75) is 26.4 Å². The van der Waals surface area contributed by atoms with Crippen molar-refractivity contribution >= 4 is 16.9 Å². The molecule has 7 heteroatoms. The molecule has 96 valence electrons. The zero-order chi connectivity index (χ0) is 13.3. The van der Waals surface area contributed by atoms with Crippen LogP contribution in [0.1, 0.15) is 13.8 Å². The van der Waals surface area contributed by atoms with E-state index in [-0.39, 0.29) is 17.5 Å². The van der Waals surface area contributed by atoms with Crippen molar-refractivity contribution in [1.29, 1.82) is 0 Å². The molecule has 1 atom stereocenters. The van der Waals surface area contributed by atoms with Crippen molar-refractivity contribution in [2.24, 2.45) is 7.05 Å². The maximum atomic E-state index is 12.1. The highest BCUT2D eigenvalue weighted by Crippen LogP contribution is 2.03. The van der Waals surface area contributed by atoms with Crippen molar-refractivity contribution in [1.82, 2.24) is 24.6 Å². The summed E-state index contributed by atoms with van der Waals surface area (Å²) in [5, 5.41) is 7.20. The summed E-state index contributed by atoms with van der Waals surface area (Å²) in [6.45, 7) is 3.67. The molecule has 0 bridgehead atoms. The maximum absolute atomic E-state index is 12.1. The van der Waals surface area contributed by atoms with Gasteiger partial charge in [0.1, 0.15) is 11.7 Å². The quantitative estimate of drug-likeness (QED) is 0.806. The third-order valence-electron chi connectivity index (χ3n) is 2.64. The second kappa shape index (κ2) is 4.59. The van der Waals surface area contributed by atoms with Gasteiger partial charge in [0, 0.05) is 26.6 Å². The standard InChI is InChI=1S/C11H15N5O2/c1-7(14-8(2)17)5-16-6-12-10-9(11(16)18)4-13-15(10)3/h4,6-7H,5H2,1-3H3,(H,14,17). The molecule has 0 aliphatic heterocycles. The van der Waals surface area contributed by atoms with Crippen LogP contribution in [0.25, 0.3) is 11.0 Å². The highest BCUT2D eigenvalue weighted by molar-refractivity contribution is 5.73.